The van der Waals surface area contributed by atoms with Crippen molar-refractivity contribution in [2.24, 2.45) is 11.8 Å². The van der Waals surface area contributed by atoms with E-state index in [1.807, 2.05) is 0 Å². The second-order valence-corrected chi connectivity index (χ2v) is 10.6. The molecule has 0 unspecified atom stereocenters. The summed E-state index contributed by atoms with van der Waals surface area (Å²) in [6, 6.07) is 0. The van der Waals surface area contributed by atoms with Gasteiger partial charge in [-0.25, -0.2) is 14.4 Å². The first-order valence-corrected chi connectivity index (χ1v) is 13.5. The first-order valence-electron chi connectivity index (χ1n) is 12.5. The maximum atomic E-state index is 12.6. The molecule has 0 radical (unpaired) electrons. The predicted octanol–water partition coefficient (Wildman–Crippen LogP) is 6.69. The van der Waals surface area contributed by atoms with Gasteiger partial charge >= 0.3 is 22.8 Å². The summed E-state index contributed by atoms with van der Waals surface area (Å²) >= 11 is 0.808. The van der Waals surface area contributed by atoms with Crippen LogP contribution in [0.15, 0.2) is 0 Å². The number of carbonyl (C=O) groups is 3. The molecule has 0 amide bonds. The van der Waals surface area contributed by atoms with Gasteiger partial charge in [-0.3, -0.25) is 0 Å². The molecular formula is C25H44O6S. The molecule has 0 saturated carbocycles. The topological polar surface area (TPSA) is 78.9 Å². The molecular weight excluding hydrogens is 428 g/mol. The van der Waals surface area contributed by atoms with Crippen molar-refractivity contribution in [2.45, 2.75) is 110 Å². The van der Waals surface area contributed by atoms with E-state index in [0.29, 0.717) is 0 Å². The predicted molar refractivity (Wildman–Crippen MR) is 129 cm³/mol. The van der Waals surface area contributed by atoms with Crippen LogP contribution < -0.4 is 0 Å². The van der Waals surface area contributed by atoms with Gasteiger partial charge in [0.15, 0.2) is 0 Å². The molecule has 0 aromatic heterocycles. The van der Waals surface area contributed by atoms with Crippen LogP contribution in [0.3, 0.4) is 0 Å². The number of unbranched alkanes of at least 4 members (excludes halogenated alkanes) is 8. The summed E-state index contributed by atoms with van der Waals surface area (Å²) in [5, 5.41) is -0.644. The number of thioether (sulfide) groups is 1. The number of esters is 2. The Morgan fingerprint density at radius 1 is 0.781 bits per heavy atom. The molecule has 1 rings (SSSR count). The van der Waals surface area contributed by atoms with Crippen LogP contribution in [-0.2, 0) is 23.8 Å². The van der Waals surface area contributed by atoms with Gasteiger partial charge in [0.1, 0.15) is 0 Å². The Labute approximate surface area is 198 Å². The Balaban J connectivity index is 2.29. The molecule has 0 N–H and O–H groups in total. The molecule has 0 aromatic carbocycles. The second-order valence-electron chi connectivity index (χ2n) is 9.64. The van der Waals surface area contributed by atoms with Gasteiger partial charge in [0, 0.05) is 0 Å². The summed E-state index contributed by atoms with van der Waals surface area (Å²) in [4.78, 5) is 36.9. The van der Waals surface area contributed by atoms with Gasteiger partial charge in [-0.1, -0.05) is 91.9 Å². The van der Waals surface area contributed by atoms with Crippen molar-refractivity contribution >= 4 is 29.0 Å². The van der Waals surface area contributed by atoms with Crippen LogP contribution in [0, 0.1) is 11.8 Å². The second kappa shape index (κ2) is 16.4. The minimum absolute atomic E-state index is 0.0894. The van der Waals surface area contributed by atoms with Gasteiger partial charge in [0.2, 0.25) is 0 Å². The number of ether oxygens (including phenoxy) is 3. The molecule has 1 aliphatic heterocycles. The first-order chi connectivity index (χ1) is 15.3. The van der Waals surface area contributed by atoms with E-state index in [4.69, 9.17) is 14.2 Å². The Kier molecular flexibility index (Phi) is 14.7. The summed E-state index contributed by atoms with van der Waals surface area (Å²) in [5.41, 5.74) is -1.95. The number of hydrogen-bond donors (Lipinski definition) is 0. The Bertz CT molecular complexity index is 525. The third-order valence-electron chi connectivity index (χ3n) is 5.63. The van der Waals surface area contributed by atoms with Crippen molar-refractivity contribution in [2.75, 3.05) is 19.0 Å². The number of cyclic esters (lactones) is 1. The lowest BCUT2D eigenvalue weighted by Gasteiger charge is -2.22. The minimum atomic E-state index is -1.95. The van der Waals surface area contributed by atoms with Crippen LogP contribution >= 0.6 is 11.8 Å². The summed E-state index contributed by atoms with van der Waals surface area (Å²) in [5.74, 6) is -0.251. The molecule has 6 nitrogen and oxygen atoms in total. The van der Waals surface area contributed by atoms with E-state index < -0.39 is 22.8 Å². The minimum Gasteiger partial charge on any atom is -0.462 e. The molecule has 0 spiro atoms. The zero-order valence-corrected chi connectivity index (χ0v) is 21.4. The van der Waals surface area contributed by atoms with Crippen LogP contribution in [0.5, 0.6) is 0 Å². The van der Waals surface area contributed by atoms with Gasteiger partial charge in [0.05, 0.1) is 19.0 Å². The van der Waals surface area contributed by atoms with Crippen molar-refractivity contribution in [3.63, 3.8) is 0 Å². The zero-order valence-electron chi connectivity index (χ0n) is 20.6. The quantitative estimate of drug-likeness (QED) is 0.0951. The van der Waals surface area contributed by atoms with E-state index >= 15 is 0 Å². The maximum absolute atomic E-state index is 12.6. The Morgan fingerprint density at radius 2 is 1.19 bits per heavy atom. The fourth-order valence-electron chi connectivity index (χ4n) is 3.58. The van der Waals surface area contributed by atoms with Crippen LogP contribution in [0.25, 0.3) is 0 Å². The van der Waals surface area contributed by atoms with E-state index in [1.165, 1.54) is 38.5 Å². The zero-order chi connectivity index (χ0) is 23.8. The largest absolute Gasteiger partial charge is 0.462 e. The third-order valence-corrected chi connectivity index (χ3v) is 6.50. The smallest absolute Gasteiger partial charge is 0.369 e. The number of hydrogen-bond acceptors (Lipinski definition) is 7. The van der Waals surface area contributed by atoms with E-state index in [0.717, 1.165) is 62.1 Å². The van der Waals surface area contributed by atoms with E-state index in [-0.39, 0.29) is 19.0 Å². The highest BCUT2D eigenvalue weighted by Crippen LogP contribution is 2.32. The van der Waals surface area contributed by atoms with E-state index in [1.54, 1.807) is 0 Å². The molecule has 0 aromatic rings. The average molecular weight is 473 g/mol. The van der Waals surface area contributed by atoms with Gasteiger partial charge in [-0.15, -0.1) is 0 Å². The summed E-state index contributed by atoms with van der Waals surface area (Å²) in [6.45, 7) is 9.34. The summed E-state index contributed by atoms with van der Waals surface area (Å²) in [7, 11) is 0. The fraction of sp³-hybridized carbons (Fsp3) is 0.880. The fourth-order valence-corrected chi connectivity index (χ4v) is 4.40. The summed E-state index contributed by atoms with van der Waals surface area (Å²) < 4.78 is 15.7. The van der Waals surface area contributed by atoms with E-state index in [2.05, 4.69) is 27.7 Å². The number of carbonyl (C=O) groups excluding carboxylic acids is 3. The molecule has 0 atom stereocenters. The average Bonchev–Trinajstić information content (AvgIpc) is 3.14. The molecule has 1 saturated heterocycles. The van der Waals surface area contributed by atoms with Gasteiger partial charge in [-0.2, -0.15) is 0 Å². The molecule has 1 heterocycles. The standard InChI is InChI=1S/C25H44O6S/c1-20(2)15-11-7-5-9-13-17-29-22(26)25(19-32-24(28)31-25)23(27)30-18-14-10-6-8-12-16-21(3)4/h20-21H,5-19H2,1-4H3. The van der Waals surface area contributed by atoms with Gasteiger partial charge in [-0.05, 0) is 36.4 Å². The first kappa shape index (κ1) is 28.8. The highest BCUT2D eigenvalue weighted by atomic mass is 32.2. The van der Waals surface area contributed by atoms with E-state index in [9.17, 15) is 14.4 Å². The molecule has 0 bridgehead atoms. The number of rotatable bonds is 18. The van der Waals surface area contributed by atoms with Gasteiger partial charge < -0.3 is 14.2 Å². The lowest BCUT2D eigenvalue weighted by molar-refractivity contribution is -0.179. The third kappa shape index (κ3) is 11.6. The maximum Gasteiger partial charge on any atom is 0.369 e. The molecule has 186 valence electrons. The molecule has 7 heteroatoms. The highest BCUT2D eigenvalue weighted by Gasteiger charge is 2.57. The molecule has 1 fully saturated rings. The summed E-state index contributed by atoms with van der Waals surface area (Å²) in [6.07, 6.45) is 12.9. The Hall–Kier alpha value is -1.24. The van der Waals surface area contributed by atoms with Crippen molar-refractivity contribution in [1.82, 2.24) is 0 Å². The van der Waals surface area contributed by atoms with Crippen molar-refractivity contribution < 1.29 is 28.6 Å². The molecule has 1 aliphatic rings. The molecule has 32 heavy (non-hydrogen) atoms. The van der Waals surface area contributed by atoms with Crippen LogP contribution in [-0.4, -0.2) is 41.8 Å². The molecule has 0 aliphatic carbocycles. The SMILES string of the molecule is CC(C)CCCCCCCOC(=O)C1(C(=O)OCCCCCCCC(C)C)CSC(=O)O1. The monoisotopic (exact) mass is 472 g/mol. The van der Waals surface area contributed by atoms with Crippen molar-refractivity contribution in [3.8, 4) is 0 Å². The lowest BCUT2D eigenvalue weighted by atomic mass is 10.0. The van der Waals surface area contributed by atoms with Crippen molar-refractivity contribution in [3.05, 3.63) is 0 Å². The van der Waals surface area contributed by atoms with Gasteiger partial charge in [0.25, 0.3) is 0 Å². The Morgan fingerprint density at radius 3 is 1.56 bits per heavy atom. The van der Waals surface area contributed by atoms with Crippen molar-refractivity contribution in [1.29, 1.82) is 0 Å². The highest BCUT2D eigenvalue weighted by molar-refractivity contribution is 8.13. The lowest BCUT2D eigenvalue weighted by Crippen LogP contribution is -2.51. The normalized spacial score (nSPS) is 15.2. The van der Waals surface area contributed by atoms with Crippen LogP contribution in [0.2, 0.25) is 0 Å². The van der Waals surface area contributed by atoms with Crippen LogP contribution in [0.1, 0.15) is 105 Å². The van der Waals surface area contributed by atoms with Crippen LogP contribution in [0.4, 0.5) is 4.79 Å².